The van der Waals surface area contributed by atoms with Crippen LogP contribution in [0.5, 0.6) is 0 Å². The van der Waals surface area contributed by atoms with Crippen molar-refractivity contribution in [3.63, 3.8) is 0 Å². The van der Waals surface area contributed by atoms with Crippen LogP contribution in [0.25, 0.3) is 0 Å². The molecule has 0 aromatic rings. The third-order valence-electron chi connectivity index (χ3n) is 2.52. The van der Waals surface area contributed by atoms with Crippen molar-refractivity contribution in [3.8, 4) is 0 Å². The molecule has 1 aliphatic heterocycles. The van der Waals surface area contributed by atoms with E-state index in [1.807, 2.05) is 11.9 Å². The van der Waals surface area contributed by atoms with Crippen LogP contribution in [0.3, 0.4) is 0 Å². The minimum atomic E-state index is -0.166. The molecule has 1 heterocycles. The van der Waals surface area contributed by atoms with Crippen molar-refractivity contribution >= 4 is 0 Å². The van der Waals surface area contributed by atoms with Crippen molar-refractivity contribution in [2.45, 2.75) is 18.9 Å². The number of likely N-dealkylation sites (N-methyl/N-ethyl adjacent to an activating group) is 1. The van der Waals surface area contributed by atoms with Crippen LogP contribution in [0.4, 0.5) is 0 Å². The highest BCUT2D eigenvalue weighted by atomic mass is 16.5. The van der Waals surface area contributed by atoms with E-state index in [0.29, 0.717) is 0 Å². The summed E-state index contributed by atoms with van der Waals surface area (Å²) in [6, 6.07) is 0. The van der Waals surface area contributed by atoms with E-state index in [4.69, 9.17) is 4.74 Å². The van der Waals surface area contributed by atoms with Crippen LogP contribution in [0.2, 0.25) is 0 Å². The molecule has 0 amide bonds. The minimum absolute atomic E-state index is 0.166. The van der Waals surface area contributed by atoms with Gasteiger partial charge in [-0.2, -0.15) is 0 Å². The van der Waals surface area contributed by atoms with E-state index in [1.165, 1.54) is 5.70 Å². The molecule has 1 saturated heterocycles. The predicted octanol–water partition coefficient (Wildman–Crippen LogP) is 2.02. The van der Waals surface area contributed by atoms with Gasteiger partial charge in [0.1, 0.15) is 0 Å². The minimum Gasteiger partial charge on any atom is -0.466 e. The molecule has 1 atom stereocenters. The number of hydrogen-bond acceptors (Lipinski definition) is 2. The second kappa shape index (κ2) is 2.16. The molecule has 2 aliphatic rings. The van der Waals surface area contributed by atoms with Crippen LogP contribution in [-0.2, 0) is 4.74 Å². The molecule has 1 aliphatic carbocycles. The Morgan fingerprint density at radius 2 is 2.42 bits per heavy atom. The highest BCUT2D eigenvalue weighted by Crippen LogP contribution is 2.40. The zero-order valence-corrected chi connectivity index (χ0v) is 7.50. The van der Waals surface area contributed by atoms with Crippen LogP contribution in [-0.4, -0.2) is 17.5 Å². The molecule has 2 nitrogen and oxygen atoms in total. The lowest BCUT2D eigenvalue weighted by molar-refractivity contribution is 0.0823. The normalized spacial score (nSPS) is 33.0. The fourth-order valence-electron chi connectivity index (χ4n) is 1.76. The molecular formula is C10H13NO. The standard InChI is InChI=1S/C10H13NO/c1-8-11(3)9-6-4-5-7-10(9,2)12-8/h4-6H,1,7H2,2-3H3. The summed E-state index contributed by atoms with van der Waals surface area (Å²) in [4.78, 5) is 2.00. The van der Waals surface area contributed by atoms with Gasteiger partial charge in [0.2, 0.25) is 0 Å². The molecule has 0 bridgehead atoms. The SMILES string of the molecule is C=C1OC2(C)CC=CC=C2N1C. The summed E-state index contributed by atoms with van der Waals surface area (Å²) >= 11 is 0. The summed E-state index contributed by atoms with van der Waals surface area (Å²) in [5.41, 5.74) is 1.04. The first-order valence-electron chi connectivity index (χ1n) is 4.12. The van der Waals surface area contributed by atoms with Crippen LogP contribution >= 0.6 is 0 Å². The number of ether oxygens (including phenoxy) is 1. The second-order valence-electron chi connectivity index (χ2n) is 3.47. The molecule has 0 saturated carbocycles. The molecule has 0 aromatic heterocycles. The highest BCUT2D eigenvalue weighted by Gasteiger charge is 2.41. The summed E-state index contributed by atoms with van der Waals surface area (Å²) in [5.74, 6) is 0.743. The molecule has 0 radical (unpaired) electrons. The largest absolute Gasteiger partial charge is 0.466 e. The van der Waals surface area contributed by atoms with Gasteiger partial charge in [0, 0.05) is 13.5 Å². The molecular weight excluding hydrogens is 150 g/mol. The molecule has 64 valence electrons. The zero-order chi connectivity index (χ0) is 8.77. The van der Waals surface area contributed by atoms with Gasteiger partial charge in [-0.05, 0) is 19.6 Å². The van der Waals surface area contributed by atoms with Gasteiger partial charge in [0.25, 0.3) is 0 Å². The first-order valence-corrected chi connectivity index (χ1v) is 4.12. The maximum atomic E-state index is 5.68. The fourth-order valence-corrected chi connectivity index (χ4v) is 1.76. The number of fused-ring (bicyclic) bond motifs is 1. The molecule has 0 N–H and O–H groups in total. The third-order valence-corrected chi connectivity index (χ3v) is 2.52. The summed E-state index contributed by atoms with van der Waals surface area (Å²) < 4.78 is 5.68. The number of hydrogen-bond donors (Lipinski definition) is 0. The molecule has 12 heavy (non-hydrogen) atoms. The van der Waals surface area contributed by atoms with Crippen molar-refractivity contribution in [3.05, 3.63) is 36.4 Å². The lowest BCUT2D eigenvalue weighted by Crippen LogP contribution is -2.28. The topological polar surface area (TPSA) is 12.5 Å². The first-order chi connectivity index (χ1) is 5.63. The Balaban J connectivity index is 2.43. The second-order valence-corrected chi connectivity index (χ2v) is 3.47. The van der Waals surface area contributed by atoms with Crippen molar-refractivity contribution < 1.29 is 4.74 Å². The van der Waals surface area contributed by atoms with Gasteiger partial charge in [-0.15, -0.1) is 0 Å². The molecule has 0 spiro atoms. The predicted molar refractivity (Wildman–Crippen MR) is 48.2 cm³/mol. The van der Waals surface area contributed by atoms with Gasteiger partial charge >= 0.3 is 0 Å². The smallest absolute Gasteiger partial charge is 0.187 e. The Morgan fingerprint density at radius 1 is 1.67 bits per heavy atom. The number of rotatable bonds is 0. The Morgan fingerprint density at radius 3 is 3.08 bits per heavy atom. The van der Waals surface area contributed by atoms with Crippen LogP contribution in [0.15, 0.2) is 36.4 Å². The van der Waals surface area contributed by atoms with E-state index in [0.717, 1.165) is 12.3 Å². The van der Waals surface area contributed by atoms with Gasteiger partial charge in [-0.25, -0.2) is 0 Å². The summed E-state index contributed by atoms with van der Waals surface area (Å²) in [5, 5.41) is 0. The van der Waals surface area contributed by atoms with Gasteiger partial charge in [-0.3, -0.25) is 0 Å². The van der Waals surface area contributed by atoms with Gasteiger partial charge in [0.15, 0.2) is 11.5 Å². The molecule has 1 unspecified atom stereocenters. The zero-order valence-electron chi connectivity index (χ0n) is 7.50. The maximum Gasteiger partial charge on any atom is 0.187 e. The monoisotopic (exact) mass is 163 g/mol. The van der Waals surface area contributed by atoms with E-state index in [2.05, 4.69) is 31.7 Å². The van der Waals surface area contributed by atoms with E-state index >= 15 is 0 Å². The number of allylic oxidation sites excluding steroid dienone is 2. The maximum absolute atomic E-state index is 5.68. The summed E-state index contributed by atoms with van der Waals surface area (Å²) in [6.45, 7) is 5.93. The van der Waals surface area contributed by atoms with Crippen molar-refractivity contribution in [2.24, 2.45) is 0 Å². The molecule has 1 fully saturated rings. The van der Waals surface area contributed by atoms with Crippen LogP contribution in [0.1, 0.15) is 13.3 Å². The Kier molecular flexibility index (Phi) is 1.34. The average Bonchev–Trinajstić information content (AvgIpc) is 2.24. The van der Waals surface area contributed by atoms with E-state index in [-0.39, 0.29) is 5.60 Å². The fraction of sp³-hybridized carbons (Fsp3) is 0.400. The lowest BCUT2D eigenvalue weighted by Gasteiger charge is -2.25. The molecule has 2 heteroatoms. The van der Waals surface area contributed by atoms with Crippen LogP contribution < -0.4 is 0 Å². The van der Waals surface area contributed by atoms with E-state index in [9.17, 15) is 0 Å². The van der Waals surface area contributed by atoms with E-state index < -0.39 is 0 Å². The average molecular weight is 163 g/mol. The Labute approximate surface area is 72.8 Å². The Hall–Kier alpha value is -1.18. The summed E-state index contributed by atoms with van der Waals surface area (Å²) in [7, 11) is 1.98. The molecule has 2 rings (SSSR count). The van der Waals surface area contributed by atoms with Gasteiger partial charge in [-0.1, -0.05) is 12.2 Å². The van der Waals surface area contributed by atoms with Crippen molar-refractivity contribution in [1.29, 1.82) is 0 Å². The van der Waals surface area contributed by atoms with Crippen molar-refractivity contribution in [1.82, 2.24) is 4.90 Å². The van der Waals surface area contributed by atoms with E-state index in [1.54, 1.807) is 0 Å². The quantitative estimate of drug-likeness (QED) is 0.541. The van der Waals surface area contributed by atoms with Crippen LogP contribution in [0, 0.1) is 0 Å². The lowest BCUT2D eigenvalue weighted by atomic mass is 9.94. The summed E-state index contributed by atoms with van der Waals surface area (Å²) in [6.07, 6.45) is 7.20. The third kappa shape index (κ3) is 0.809. The van der Waals surface area contributed by atoms with Crippen molar-refractivity contribution in [2.75, 3.05) is 7.05 Å². The number of nitrogens with zero attached hydrogens (tertiary/aromatic N) is 1. The molecule has 0 aromatic carbocycles. The highest BCUT2D eigenvalue weighted by molar-refractivity contribution is 5.32. The van der Waals surface area contributed by atoms with Gasteiger partial charge in [0.05, 0.1) is 5.70 Å². The first kappa shape index (κ1) is 7.47. The van der Waals surface area contributed by atoms with Gasteiger partial charge < -0.3 is 9.64 Å². The Bertz CT molecular complexity index is 290.